The van der Waals surface area contributed by atoms with Crippen LogP contribution in [0.3, 0.4) is 0 Å². The summed E-state index contributed by atoms with van der Waals surface area (Å²) in [7, 11) is -1.20. The fourth-order valence-corrected chi connectivity index (χ4v) is 11.4. The van der Waals surface area contributed by atoms with Gasteiger partial charge in [0, 0.05) is 95.1 Å². The number of morpholine rings is 2. The summed E-state index contributed by atoms with van der Waals surface area (Å²) in [5, 5.41) is 19.8. The second-order valence-corrected chi connectivity index (χ2v) is 20.9. The molecular weight excluding hydrogens is 991 g/mol. The van der Waals surface area contributed by atoms with Crippen molar-refractivity contribution in [2.45, 2.75) is 90.6 Å². The van der Waals surface area contributed by atoms with Crippen molar-refractivity contribution in [2.24, 2.45) is 0 Å². The Kier molecular flexibility index (Phi) is 16.7. The number of ether oxygens (including phenoxy) is 2. The van der Waals surface area contributed by atoms with E-state index in [1.165, 1.54) is 17.6 Å². The quantitative estimate of drug-likeness (QED) is 0.112. The van der Waals surface area contributed by atoms with Gasteiger partial charge >= 0.3 is 7.12 Å². The Morgan fingerprint density at radius 2 is 0.987 bits per heavy atom. The molecule has 392 valence electrons. The molecule has 2 aliphatic carbocycles. The van der Waals surface area contributed by atoms with Crippen LogP contribution in [-0.4, -0.2) is 87.7 Å². The summed E-state index contributed by atoms with van der Waals surface area (Å²) in [6.07, 6.45) is 19.0. The minimum absolute atomic E-state index is 0.182. The largest absolute Gasteiger partial charge is 0.483 e. The highest BCUT2D eigenvalue weighted by Crippen LogP contribution is 2.42. The molecule has 0 spiro atoms. The Labute approximate surface area is 462 Å². The van der Waals surface area contributed by atoms with Crippen molar-refractivity contribution in [1.82, 2.24) is 19.9 Å². The maximum absolute atomic E-state index is 8.54. The molecule has 0 unspecified atom stereocenters. The first kappa shape index (κ1) is 53.6. The van der Waals surface area contributed by atoms with Gasteiger partial charge in [-0.15, -0.1) is 0 Å². The highest BCUT2D eigenvalue weighted by molar-refractivity contribution is 6.50. The predicted molar refractivity (Wildman–Crippen MR) is 317 cm³/mol. The van der Waals surface area contributed by atoms with Gasteiger partial charge in [0.2, 0.25) is 0 Å². The van der Waals surface area contributed by atoms with Crippen LogP contribution < -0.4 is 9.80 Å². The van der Waals surface area contributed by atoms with E-state index in [0.29, 0.717) is 16.4 Å². The zero-order valence-corrected chi connectivity index (χ0v) is 45.2. The maximum atomic E-state index is 8.54. The third-order valence-corrected chi connectivity index (χ3v) is 15.1. The lowest BCUT2D eigenvalue weighted by atomic mass is 9.79. The standard InChI is InChI=1S/C32H30N4O.C27H23ClN4O.C5H9BO2/c1-21-19-36(20-22(2)37-21)30-16-13-25(17-34-30)29-18-35-32-27(23-11-14-26(33-3)15-12-23)9-6-10-28(32)31(29)24-7-4-5-8-24;1-17-15-32(16-18(2)33-17)25-12-9-20(13-30-25)24-14-31-27-22(5-4-6-23(27)26(24)28)19-7-10-21(29-3)11-8-19;7-6(8)5-3-1-2-4-5/h6-7,9-18,21-22H,4-5,8,19-20H2,1-2H3;4-14,17-18H,15-16H2,1-2H3;3,7-8H,1-2,4H2/t21-,22+;17-,18+;. The number of benzene rings is 4. The number of rotatable bonds is 8. The van der Waals surface area contributed by atoms with E-state index >= 15 is 0 Å². The summed E-state index contributed by atoms with van der Waals surface area (Å²) in [5.41, 5.74) is 14.7. The Hall–Kier alpha value is -7.75. The van der Waals surface area contributed by atoms with Crippen molar-refractivity contribution in [1.29, 1.82) is 0 Å². The van der Waals surface area contributed by atoms with Gasteiger partial charge in [0.15, 0.2) is 11.4 Å². The minimum atomic E-state index is -1.20. The summed E-state index contributed by atoms with van der Waals surface area (Å²) in [5.74, 6) is 1.93. The monoisotopic (exact) mass is 1050 g/mol. The van der Waals surface area contributed by atoms with Crippen LogP contribution in [0.25, 0.3) is 81.6 Å². The number of halogens is 1. The first-order valence-electron chi connectivity index (χ1n) is 26.9. The van der Waals surface area contributed by atoms with E-state index in [1.807, 2.05) is 104 Å². The van der Waals surface area contributed by atoms with Crippen molar-refractivity contribution >= 4 is 69.1 Å². The van der Waals surface area contributed by atoms with E-state index in [2.05, 4.69) is 89.7 Å². The van der Waals surface area contributed by atoms with Crippen LogP contribution in [0.1, 0.15) is 71.8 Å². The molecule has 6 heterocycles. The van der Waals surface area contributed by atoms with Crippen molar-refractivity contribution < 1.29 is 19.5 Å². The van der Waals surface area contributed by atoms with E-state index in [-0.39, 0.29) is 24.4 Å². The molecule has 2 N–H and O–H groups in total. The smallest absolute Gasteiger partial charge is 0.423 e. The molecule has 14 heteroatoms. The highest BCUT2D eigenvalue weighted by atomic mass is 35.5. The topological polar surface area (TPSA) is 126 Å². The normalized spacial score (nSPS) is 18.9. The lowest BCUT2D eigenvalue weighted by molar-refractivity contribution is -0.00572. The van der Waals surface area contributed by atoms with Gasteiger partial charge in [-0.25, -0.2) is 19.7 Å². The van der Waals surface area contributed by atoms with Crippen LogP contribution in [-0.2, 0) is 9.47 Å². The summed E-state index contributed by atoms with van der Waals surface area (Å²) in [6.45, 7) is 26.2. The molecule has 4 aromatic carbocycles. The zero-order chi connectivity index (χ0) is 54.3. The van der Waals surface area contributed by atoms with E-state index in [0.717, 1.165) is 142 Å². The van der Waals surface area contributed by atoms with Gasteiger partial charge < -0.3 is 29.3 Å². The minimum Gasteiger partial charge on any atom is -0.423 e. The van der Waals surface area contributed by atoms with E-state index in [4.69, 9.17) is 64.2 Å². The molecule has 0 bridgehead atoms. The predicted octanol–water partition coefficient (Wildman–Crippen LogP) is 14.6. The number of nitrogens with zero attached hydrogens (tertiary/aromatic N) is 8. The molecule has 8 aromatic rings. The molecule has 4 aromatic heterocycles. The highest BCUT2D eigenvalue weighted by Gasteiger charge is 2.26. The van der Waals surface area contributed by atoms with E-state index in [1.54, 1.807) is 0 Å². The maximum Gasteiger partial charge on any atom is 0.483 e. The molecule has 0 saturated carbocycles. The lowest BCUT2D eigenvalue weighted by Crippen LogP contribution is -2.45. The fraction of sp³-hybridized carbons (Fsp3) is 0.281. The Bertz CT molecular complexity index is 3560. The number of para-hydroxylation sites is 2. The molecule has 2 fully saturated rings. The number of allylic oxidation sites excluding steroid dienone is 4. The molecule has 78 heavy (non-hydrogen) atoms. The molecule has 0 radical (unpaired) electrons. The molecule has 2 aliphatic heterocycles. The van der Waals surface area contributed by atoms with Crippen LogP contribution in [0.5, 0.6) is 0 Å². The van der Waals surface area contributed by atoms with Crippen LogP contribution in [0.15, 0.2) is 152 Å². The Morgan fingerprint density at radius 3 is 1.42 bits per heavy atom. The van der Waals surface area contributed by atoms with Gasteiger partial charge in [-0.3, -0.25) is 9.97 Å². The lowest BCUT2D eigenvalue weighted by Gasteiger charge is -2.36. The van der Waals surface area contributed by atoms with Gasteiger partial charge in [-0.2, -0.15) is 0 Å². The molecule has 0 amide bonds. The Morgan fingerprint density at radius 1 is 0.526 bits per heavy atom. The van der Waals surface area contributed by atoms with Crippen molar-refractivity contribution in [3.63, 3.8) is 0 Å². The van der Waals surface area contributed by atoms with Crippen LogP contribution in [0.4, 0.5) is 23.0 Å². The molecule has 4 atom stereocenters. The average molecular weight is 1050 g/mol. The number of aromatic nitrogens is 4. The molecule has 12 nitrogen and oxygen atoms in total. The molecule has 2 saturated heterocycles. The van der Waals surface area contributed by atoms with Crippen molar-refractivity contribution in [3.8, 4) is 44.5 Å². The van der Waals surface area contributed by atoms with Crippen LogP contribution >= 0.6 is 11.6 Å². The molecular formula is C64H62BClN8O4. The third-order valence-electron chi connectivity index (χ3n) is 14.7. The number of hydrogen-bond acceptors (Lipinski definition) is 10. The van der Waals surface area contributed by atoms with Gasteiger partial charge in [0.05, 0.1) is 53.6 Å². The summed E-state index contributed by atoms with van der Waals surface area (Å²) in [4.78, 5) is 30.9. The van der Waals surface area contributed by atoms with Crippen molar-refractivity contribution in [2.75, 3.05) is 36.0 Å². The molecule has 4 aliphatic rings. The van der Waals surface area contributed by atoms with Gasteiger partial charge in [0.25, 0.3) is 0 Å². The second-order valence-electron chi connectivity index (χ2n) is 20.6. The first-order valence-corrected chi connectivity index (χ1v) is 27.2. The number of hydrogen-bond donors (Lipinski definition) is 2. The van der Waals surface area contributed by atoms with Gasteiger partial charge in [-0.05, 0) is 118 Å². The van der Waals surface area contributed by atoms with Crippen LogP contribution in [0, 0.1) is 13.1 Å². The number of pyridine rings is 4. The SMILES string of the molecule is OB(O)C1=CCCC1.[C-]#[N+]c1ccc(-c2cccc3c(C4=CCCC4)c(-c4ccc(N5C[C@@H](C)O[C@@H](C)C5)nc4)cnc23)cc1.[C-]#[N+]c1ccc(-c2cccc3c(Cl)c(-c4ccc(N5C[C@@H](C)O[C@@H](C)C5)nc4)cnc23)cc1. The Balaban J connectivity index is 0.000000155. The summed E-state index contributed by atoms with van der Waals surface area (Å²) >= 11 is 6.88. The fourth-order valence-electron chi connectivity index (χ4n) is 11.1. The van der Waals surface area contributed by atoms with E-state index in [9.17, 15) is 0 Å². The van der Waals surface area contributed by atoms with Gasteiger partial charge in [0.1, 0.15) is 11.6 Å². The third kappa shape index (κ3) is 12.0. The number of fused-ring (bicyclic) bond motifs is 2. The number of anilines is 2. The summed E-state index contributed by atoms with van der Waals surface area (Å²) < 4.78 is 11.7. The first-order chi connectivity index (χ1) is 37.9. The van der Waals surface area contributed by atoms with Gasteiger partial charge in [-0.1, -0.05) is 109 Å². The van der Waals surface area contributed by atoms with Crippen molar-refractivity contribution in [3.05, 3.63) is 185 Å². The zero-order valence-electron chi connectivity index (χ0n) is 44.5. The average Bonchev–Trinajstić information content (AvgIpc) is 4.30. The van der Waals surface area contributed by atoms with Crippen LogP contribution in [0.2, 0.25) is 5.02 Å². The summed E-state index contributed by atoms with van der Waals surface area (Å²) in [6, 6.07) is 36.1. The molecule has 12 rings (SSSR count). The van der Waals surface area contributed by atoms with E-state index < -0.39 is 7.12 Å². The second kappa shape index (κ2) is 24.3.